The summed E-state index contributed by atoms with van der Waals surface area (Å²) < 4.78 is 0. The van der Waals surface area contributed by atoms with Gasteiger partial charge in [-0.3, -0.25) is 0 Å². The number of fused-ring (bicyclic) bond motifs is 1. The van der Waals surface area contributed by atoms with Crippen molar-refractivity contribution in [1.82, 2.24) is 20.2 Å². The van der Waals surface area contributed by atoms with Crippen LogP contribution in [0.2, 0.25) is 0 Å². The third kappa shape index (κ3) is 3.48. The van der Waals surface area contributed by atoms with E-state index < -0.39 is 0 Å². The van der Waals surface area contributed by atoms with Crippen LogP contribution in [0.3, 0.4) is 0 Å². The van der Waals surface area contributed by atoms with Crippen LogP contribution in [0.4, 0.5) is 11.6 Å². The number of pyridine rings is 1. The van der Waals surface area contributed by atoms with Gasteiger partial charge in [0, 0.05) is 36.8 Å². The van der Waals surface area contributed by atoms with Gasteiger partial charge in [-0.25, -0.2) is 4.98 Å². The molecule has 4 heterocycles. The van der Waals surface area contributed by atoms with Crippen LogP contribution in [-0.2, 0) is 0 Å². The minimum absolute atomic E-state index is 0.0596. The van der Waals surface area contributed by atoms with E-state index in [1.807, 2.05) is 24.4 Å². The number of hydrogen-bond acceptors (Lipinski definition) is 6. The van der Waals surface area contributed by atoms with E-state index in [9.17, 15) is 0 Å². The van der Waals surface area contributed by atoms with Gasteiger partial charge in [-0.1, -0.05) is 12.8 Å². The van der Waals surface area contributed by atoms with Crippen LogP contribution < -0.4 is 10.2 Å². The highest BCUT2D eigenvalue weighted by molar-refractivity contribution is 5.93. The molecule has 1 saturated heterocycles. The van der Waals surface area contributed by atoms with E-state index in [2.05, 4.69) is 36.4 Å². The van der Waals surface area contributed by atoms with E-state index in [4.69, 9.17) is 5.11 Å². The van der Waals surface area contributed by atoms with Gasteiger partial charge in [0.15, 0.2) is 5.82 Å². The maximum atomic E-state index is 9.04. The van der Waals surface area contributed by atoms with Gasteiger partial charge in [0.05, 0.1) is 12.3 Å². The predicted molar refractivity (Wildman–Crippen MR) is 103 cm³/mol. The molecule has 26 heavy (non-hydrogen) atoms. The average Bonchev–Trinajstić information content (AvgIpc) is 2.98. The third-order valence-electron chi connectivity index (χ3n) is 4.80. The first-order valence-electron chi connectivity index (χ1n) is 9.27. The van der Waals surface area contributed by atoms with Gasteiger partial charge in [-0.2, -0.15) is 0 Å². The second kappa shape index (κ2) is 7.70. The molecular weight excluding hydrogens is 328 g/mol. The fourth-order valence-corrected chi connectivity index (χ4v) is 3.46. The number of aliphatic hydroxyl groups excluding tert-OH is 1. The van der Waals surface area contributed by atoms with Gasteiger partial charge >= 0.3 is 0 Å². The first-order chi connectivity index (χ1) is 12.8. The third-order valence-corrected chi connectivity index (χ3v) is 4.80. The van der Waals surface area contributed by atoms with Crippen molar-refractivity contribution in [2.45, 2.75) is 25.7 Å². The summed E-state index contributed by atoms with van der Waals surface area (Å²) in [5.41, 5.74) is 2.59. The Bertz CT molecular complexity index is 852. The largest absolute Gasteiger partial charge is 0.395 e. The van der Waals surface area contributed by atoms with Gasteiger partial charge in [0.25, 0.3) is 0 Å². The van der Waals surface area contributed by atoms with Crippen molar-refractivity contribution in [2.24, 2.45) is 0 Å². The number of nitrogens with zero attached hydrogens (tertiary/aromatic N) is 4. The Morgan fingerprint density at radius 2 is 1.92 bits per heavy atom. The van der Waals surface area contributed by atoms with Crippen molar-refractivity contribution in [1.29, 1.82) is 0 Å². The van der Waals surface area contributed by atoms with E-state index in [1.165, 1.54) is 25.7 Å². The molecule has 1 fully saturated rings. The molecule has 0 radical (unpaired) electrons. The maximum absolute atomic E-state index is 9.04. The summed E-state index contributed by atoms with van der Waals surface area (Å²) in [5, 5.41) is 22.1. The van der Waals surface area contributed by atoms with Crippen LogP contribution in [0.1, 0.15) is 25.7 Å². The van der Waals surface area contributed by atoms with Crippen molar-refractivity contribution in [3.05, 3.63) is 30.5 Å². The topological polar surface area (TPSA) is 90.0 Å². The molecule has 7 heteroatoms. The lowest BCUT2D eigenvalue weighted by Crippen LogP contribution is -2.25. The SMILES string of the molecule is OCCNc1cc(-c2ccc(N3CCCCCC3)nn2)c2cc[nH]c2n1. The number of H-pyrrole nitrogens is 1. The van der Waals surface area contributed by atoms with Crippen LogP contribution >= 0.6 is 0 Å². The van der Waals surface area contributed by atoms with E-state index in [-0.39, 0.29) is 6.61 Å². The molecule has 1 aliphatic heterocycles. The molecule has 7 nitrogen and oxygen atoms in total. The summed E-state index contributed by atoms with van der Waals surface area (Å²) >= 11 is 0. The summed E-state index contributed by atoms with van der Waals surface area (Å²) in [4.78, 5) is 10.0. The van der Waals surface area contributed by atoms with E-state index in [0.717, 1.165) is 41.2 Å². The number of rotatable bonds is 5. The zero-order valence-corrected chi connectivity index (χ0v) is 14.8. The maximum Gasteiger partial charge on any atom is 0.151 e. The van der Waals surface area contributed by atoms with Crippen molar-refractivity contribution in [3.8, 4) is 11.3 Å². The Labute approximate surface area is 152 Å². The molecule has 0 bridgehead atoms. The first-order valence-corrected chi connectivity index (χ1v) is 9.27. The Morgan fingerprint density at radius 3 is 2.65 bits per heavy atom. The van der Waals surface area contributed by atoms with Crippen molar-refractivity contribution in [3.63, 3.8) is 0 Å². The lowest BCUT2D eigenvalue weighted by atomic mass is 10.1. The minimum atomic E-state index is 0.0596. The van der Waals surface area contributed by atoms with E-state index >= 15 is 0 Å². The van der Waals surface area contributed by atoms with Crippen molar-refractivity contribution in [2.75, 3.05) is 36.5 Å². The molecule has 3 N–H and O–H groups in total. The van der Waals surface area contributed by atoms with Crippen LogP contribution in [0.5, 0.6) is 0 Å². The fourth-order valence-electron chi connectivity index (χ4n) is 3.46. The molecule has 4 rings (SSSR count). The lowest BCUT2D eigenvalue weighted by molar-refractivity contribution is 0.311. The highest BCUT2D eigenvalue weighted by atomic mass is 16.3. The van der Waals surface area contributed by atoms with Gasteiger partial charge < -0.3 is 20.3 Å². The van der Waals surface area contributed by atoms with Gasteiger partial charge in [-0.15, -0.1) is 10.2 Å². The van der Waals surface area contributed by atoms with Gasteiger partial charge in [0.2, 0.25) is 0 Å². The van der Waals surface area contributed by atoms with Gasteiger partial charge in [0.1, 0.15) is 11.5 Å². The van der Waals surface area contributed by atoms with Crippen LogP contribution in [0.25, 0.3) is 22.3 Å². The van der Waals surface area contributed by atoms with Crippen molar-refractivity contribution >= 4 is 22.7 Å². The normalized spacial score (nSPS) is 15.2. The Kier molecular flexibility index (Phi) is 4.97. The molecule has 0 aromatic carbocycles. The number of aromatic nitrogens is 4. The molecule has 0 spiro atoms. The summed E-state index contributed by atoms with van der Waals surface area (Å²) in [6.45, 7) is 2.63. The van der Waals surface area contributed by atoms with E-state index in [1.54, 1.807) is 0 Å². The van der Waals surface area contributed by atoms with Crippen molar-refractivity contribution < 1.29 is 5.11 Å². The van der Waals surface area contributed by atoms with Crippen LogP contribution in [0.15, 0.2) is 30.5 Å². The number of anilines is 2. The molecule has 0 atom stereocenters. The zero-order valence-electron chi connectivity index (χ0n) is 14.8. The zero-order chi connectivity index (χ0) is 17.8. The second-order valence-electron chi connectivity index (χ2n) is 6.62. The Balaban J connectivity index is 1.65. The molecule has 0 unspecified atom stereocenters. The number of aromatic amines is 1. The minimum Gasteiger partial charge on any atom is -0.395 e. The molecule has 0 aliphatic carbocycles. The molecule has 1 aliphatic rings. The average molecular weight is 352 g/mol. The van der Waals surface area contributed by atoms with Crippen LogP contribution in [0, 0.1) is 0 Å². The standard InChI is InChI=1S/C19H24N6O/c26-12-9-20-17-13-15(14-7-8-21-19(14)22-17)16-5-6-18(24-23-16)25-10-3-1-2-4-11-25/h5-8,13,26H,1-4,9-12H2,(H2,20,21,22). The Morgan fingerprint density at radius 1 is 1.08 bits per heavy atom. The molecule has 136 valence electrons. The van der Waals surface area contributed by atoms with E-state index in [0.29, 0.717) is 12.4 Å². The monoisotopic (exact) mass is 352 g/mol. The highest BCUT2D eigenvalue weighted by Gasteiger charge is 2.14. The summed E-state index contributed by atoms with van der Waals surface area (Å²) in [6.07, 6.45) is 6.91. The van der Waals surface area contributed by atoms with Gasteiger partial charge in [-0.05, 0) is 37.1 Å². The molecule has 3 aromatic heterocycles. The summed E-state index contributed by atoms with van der Waals surface area (Å²) in [6, 6.07) is 8.05. The quantitative estimate of drug-likeness (QED) is 0.654. The molecular formula is C19H24N6O. The number of hydrogen-bond donors (Lipinski definition) is 3. The lowest BCUT2D eigenvalue weighted by Gasteiger charge is -2.20. The predicted octanol–water partition coefficient (Wildman–Crippen LogP) is 2.80. The second-order valence-corrected chi connectivity index (χ2v) is 6.62. The molecule has 0 amide bonds. The number of aliphatic hydroxyl groups is 1. The summed E-state index contributed by atoms with van der Waals surface area (Å²) in [7, 11) is 0. The molecule has 3 aromatic rings. The number of nitrogens with one attached hydrogen (secondary N) is 2. The summed E-state index contributed by atoms with van der Waals surface area (Å²) in [5.74, 6) is 1.66. The first kappa shape index (κ1) is 16.8. The highest BCUT2D eigenvalue weighted by Crippen LogP contribution is 2.29. The molecule has 0 saturated carbocycles. The fraction of sp³-hybridized carbons (Fsp3) is 0.421. The van der Waals surface area contributed by atoms with Crippen LogP contribution in [-0.4, -0.2) is 51.5 Å². The smallest absolute Gasteiger partial charge is 0.151 e. The Hall–Kier alpha value is -2.67.